The SMILES string of the molecule is C=CCCOC(=O)[C@@H]1[C@H]2C(=O)N([C@H](C)CO)C(C(=O)N(CC=C)c3ccccc3Cl)C23CC[C@H]1O3. The van der Waals surface area contributed by atoms with Crippen molar-refractivity contribution in [3.05, 3.63) is 54.6 Å². The first-order valence-electron chi connectivity index (χ1n) is 11.9. The maximum atomic E-state index is 14.2. The molecule has 3 aliphatic rings. The van der Waals surface area contributed by atoms with E-state index < -0.39 is 47.5 Å². The van der Waals surface area contributed by atoms with E-state index in [9.17, 15) is 19.5 Å². The lowest BCUT2D eigenvalue weighted by molar-refractivity contribution is -0.155. The number of ether oxygens (including phenoxy) is 2. The maximum Gasteiger partial charge on any atom is 0.312 e. The molecule has 4 rings (SSSR count). The Morgan fingerprint density at radius 3 is 2.77 bits per heavy atom. The van der Waals surface area contributed by atoms with Crippen LogP contribution in [0, 0.1) is 11.8 Å². The molecule has 3 saturated heterocycles. The smallest absolute Gasteiger partial charge is 0.312 e. The second kappa shape index (κ2) is 10.1. The standard InChI is InChI=1S/C26H31ClN2O6/c1-4-6-14-34-25(33)20-19-11-12-26(35-19)21(20)23(31)29(16(3)15-30)22(26)24(32)28(13-5-2)18-10-8-7-9-17(18)27/h4-5,7-10,16,19-22,30H,1-2,6,11-15H2,3H3/t16-,19-,20+,21+,22?,26?/m1/s1. The summed E-state index contributed by atoms with van der Waals surface area (Å²) >= 11 is 6.43. The molecule has 1 N–H and O–H groups in total. The number of fused-ring (bicyclic) bond motifs is 1. The van der Waals surface area contributed by atoms with Gasteiger partial charge in [0.25, 0.3) is 5.91 Å². The largest absolute Gasteiger partial charge is 0.465 e. The van der Waals surface area contributed by atoms with Crippen LogP contribution in [0.15, 0.2) is 49.6 Å². The molecule has 3 aliphatic heterocycles. The van der Waals surface area contributed by atoms with Gasteiger partial charge in [0.2, 0.25) is 5.91 Å². The molecule has 0 radical (unpaired) electrons. The number of esters is 1. The zero-order chi connectivity index (χ0) is 25.3. The van der Waals surface area contributed by atoms with Gasteiger partial charge in [-0.05, 0) is 38.3 Å². The summed E-state index contributed by atoms with van der Waals surface area (Å²) in [6.07, 6.45) is 4.20. The quantitative estimate of drug-likeness (QED) is 0.300. The van der Waals surface area contributed by atoms with Gasteiger partial charge in [0.05, 0.1) is 47.9 Å². The third-order valence-electron chi connectivity index (χ3n) is 7.27. The summed E-state index contributed by atoms with van der Waals surface area (Å²) in [5.41, 5.74) is -0.707. The molecule has 2 bridgehead atoms. The van der Waals surface area contributed by atoms with Gasteiger partial charge in [0, 0.05) is 6.54 Å². The van der Waals surface area contributed by atoms with Crippen LogP contribution >= 0.6 is 11.6 Å². The first kappa shape index (κ1) is 25.4. The van der Waals surface area contributed by atoms with Crippen LogP contribution in [0.2, 0.25) is 5.02 Å². The Morgan fingerprint density at radius 1 is 1.37 bits per heavy atom. The number of aliphatic hydroxyl groups excluding tert-OH is 1. The Balaban J connectivity index is 1.75. The third kappa shape index (κ3) is 4.07. The molecule has 8 nitrogen and oxygen atoms in total. The van der Waals surface area contributed by atoms with Gasteiger partial charge in [0.1, 0.15) is 11.6 Å². The van der Waals surface area contributed by atoms with Crippen molar-refractivity contribution in [2.24, 2.45) is 11.8 Å². The molecular formula is C26H31ClN2O6. The second-order valence-corrected chi connectivity index (χ2v) is 9.67. The Morgan fingerprint density at radius 2 is 2.11 bits per heavy atom. The van der Waals surface area contributed by atoms with Gasteiger partial charge in [-0.1, -0.05) is 35.9 Å². The number of likely N-dealkylation sites (tertiary alicyclic amines) is 1. The number of hydrogen-bond acceptors (Lipinski definition) is 6. The highest BCUT2D eigenvalue weighted by Crippen LogP contribution is 2.59. The van der Waals surface area contributed by atoms with Crippen molar-refractivity contribution in [2.75, 3.05) is 24.7 Å². The predicted octanol–water partition coefficient (Wildman–Crippen LogP) is 2.73. The van der Waals surface area contributed by atoms with E-state index in [-0.39, 0.29) is 25.7 Å². The number of carbonyl (C=O) groups is 3. The van der Waals surface area contributed by atoms with Gasteiger partial charge in [0.15, 0.2) is 0 Å². The minimum Gasteiger partial charge on any atom is -0.465 e. The van der Waals surface area contributed by atoms with Gasteiger partial charge in [-0.15, -0.1) is 13.2 Å². The van der Waals surface area contributed by atoms with Crippen LogP contribution in [0.25, 0.3) is 0 Å². The summed E-state index contributed by atoms with van der Waals surface area (Å²) in [5, 5.41) is 10.3. The Kier molecular flexibility index (Phi) is 7.35. The monoisotopic (exact) mass is 502 g/mol. The highest BCUT2D eigenvalue weighted by Gasteiger charge is 2.75. The Bertz CT molecular complexity index is 1030. The van der Waals surface area contributed by atoms with Crippen LogP contribution in [0.3, 0.4) is 0 Å². The van der Waals surface area contributed by atoms with Crippen molar-refractivity contribution in [3.63, 3.8) is 0 Å². The third-order valence-corrected chi connectivity index (χ3v) is 7.59. The van der Waals surface area contributed by atoms with Crippen molar-refractivity contribution >= 4 is 35.1 Å². The number of carbonyl (C=O) groups excluding carboxylic acids is 3. The van der Waals surface area contributed by atoms with E-state index in [1.165, 1.54) is 9.80 Å². The summed E-state index contributed by atoms with van der Waals surface area (Å²) in [6.45, 7) is 9.06. The number of rotatable bonds is 10. The molecule has 188 valence electrons. The molecule has 1 aromatic carbocycles. The number of halogens is 1. The normalized spacial score (nSPS) is 29.6. The first-order valence-corrected chi connectivity index (χ1v) is 12.2. The number of benzene rings is 1. The molecular weight excluding hydrogens is 472 g/mol. The molecule has 35 heavy (non-hydrogen) atoms. The van der Waals surface area contributed by atoms with E-state index in [1.54, 1.807) is 43.3 Å². The number of aliphatic hydroxyl groups is 1. The van der Waals surface area contributed by atoms with Crippen LogP contribution in [0.4, 0.5) is 5.69 Å². The van der Waals surface area contributed by atoms with E-state index in [2.05, 4.69) is 13.2 Å². The average Bonchev–Trinajstić information content (AvgIpc) is 3.49. The van der Waals surface area contributed by atoms with Crippen molar-refractivity contribution < 1.29 is 29.0 Å². The van der Waals surface area contributed by atoms with E-state index in [0.29, 0.717) is 30.0 Å². The number of nitrogens with zero attached hydrogens (tertiary/aromatic N) is 2. The predicted molar refractivity (Wildman–Crippen MR) is 131 cm³/mol. The average molecular weight is 503 g/mol. The van der Waals surface area contributed by atoms with Crippen LogP contribution in [0.1, 0.15) is 26.2 Å². The van der Waals surface area contributed by atoms with Gasteiger partial charge >= 0.3 is 5.97 Å². The fraction of sp³-hybridized carbons (Fsp3) is 0.500. The molecule has 3 heterocycles. The van der Waals surface area contributed by atoms with Crippen molar-refractivity contribution in [3.8, 4) is 0 Å². The van der Waals surface area contributed by atoms with Gasteiger partial charge < -0.3 is 24.4 Å². The molecule has 0 saturated carbocycles. The van der Waals surface area contributed by atoms with Crippen LogP contribution in [-0.4, -0.2) is 71.3 Å². The first-order chi connectivity index (χ1) is 16.8. The molecule has 0 aliphatic carbocycles. The summed E-state index contributed by atoms with van der Waals surface area (Å²) in [5.74, 6) is -2.95. The number of hydrogen-bond donors (Lipinski definition) is 1. The minimum atomic E-state index is -1.19. The number of para-hydroxylation sites is 1. The van der Waals surface area contributed by atoms with E-state index in [4.69, 9.17) is 21.1 Å². The van der Waals surface area contributed by atoms with Gasteiger partial charge in [-0.3, -0.25) is 14.4 Å². The second-order valence-electron chi connectivity index (χ2n) is 9.27. The number of amides is 2. The van der Waals surface area contributed by atoms with Crippen molar-refractivity contribution in [1.82, 2.24) is 4.90 Å². The molecule has 2 amide bonds. The number of anilines is 1. The highest BCUT2D eigenvalue weighted by molar-refractivity contribution is 6.34. The van der Waals surface area contributed by atoms with E-state index >= 15 is 0 Å². The van der Waals surface area contributed by atoms with Crippen LogP contribution in [-0.2, 0) is 23.9 Å². The lowest BCUT2D eigenvalue weighted by Gasteiger charge is -2.38. The minimum absolute atomic E-state index is 0.159. The van der Waals surface area contributed by atoms with Crippen molar-refractivity contribution in [1.29, 1.82) is 0 Å². The molecule has 1 aromatic rings. The maximum absolute atomic E-state index is 14.2. The lowest BCUT2D eigenvalue weighted by Crippen LogP contribution is -2.58. The summed E-state index contributed by atoms with van der Waals surface area (Å²) in [4.78, 5) is 43.9. The summed E-state index contributed by atoms with van der Waals surface area (Å²) in [6, 6.07) is 5.25. The van der Waals surface area contributed by atoms with E-state index in [0.717, 1.165) is 0 Å². The van der Waals surface area contributed by atoms with Crippen molar-refractivity contribution in [2.45, 2.75) is 50.0 Å². The zero-order valence-corrected chi connectivity index (χ0v) is 20.5. The molecule has 3 fully saturated rings. The topological polar surface area (TPSA) is 96.4 Å². The molecule has 1 spiro atoms. The van der Waals surface area contributed by atoms with Crippen LogP contribution < -0.4 is 4.90 Å². The van der Waals surface area contributed by atoms with Crippen LogP contribution in [0.5, 0.6) is 0 Å². The highest BCUT2D eigenvalue weighted by atomic mass is 35.5. The Labute approximate surface area is 210 Å². The zero-order valence-electron chi connectivity index (χ0n) is 19.8. The Hall–Kier alpha value is -2.68. The van der Waals surface area contributed by atoms with Gasteiger partial charge in [-0.25, -0.2) is 0 Å². The fourth-order valence-electron chi connectivity index (χ4n) is 5.79. The van der Waals surface area contributed by atoms with E-state index in [1.807, 2.05) is 0 Å². The lowest BCUT2D eigenvalue weighted by atomic mass is 9.70. The summed E-state index contributed by atoms with van der Waals surface area (Å²) in [7, 11) is 0. The fourth-order valence-corrected chi connectivity index (χ4v) is 6.03. The molecule has 9 heteroatoms. The molecule has 0 aromatic heterocycles. The van der Waals surface area contributed by atoms with Gasteiger partial charge in [-0.2, -0.15) is 0 Å². The molecule has 6 atom stereocenters. The summed E-state index contributed by atoms with van der Waals surface area (Å²) < 4.78 is 11.8. The molecule has 2 unspecified atom stereocenters.